The van der Waals surface area contributed by atoms with Gasteiger partial charge in [0, 0.05) is 28.5 Å². The van der Waals surface area contributed by atoms with E-state index in [1.807, 2.05) is 6.92 Å². The Kier molecular flexibility index (Phi) is 3.91. The van der Waals surface area contributed by atoms with Crippen molar-refractivity contribution < 1.29 is 4.39 Å². The molecule has 0 spiro atoms. The number of aromatic nitrogens is 2. The molecule has 0 aliphatic rings. The molecule has 1 aromatic heterocycles. The summed E-state index contributed by atoms with van der Waals surface area (Å²) >= 11 is 3.39. The van der Waals surface area contributed by atoms with Crippen molar-refractivity contribution in [2.45, 2.75) is 13.5 Å². The molecule has 17 heavy (non-hydrogen) atoms. The van der Waals surface area contributed by atoms with Gasteiger partial charge >= 0.3 is 0 Å². The van der Waals surface area contributed by atoms with Crippen LogP contribution in [0.1, 0.15) is 12.6 Å². The van der Waals surface area contributed by atoms with Crippen LogP contribution in [0.3, 0.4) is 0 Å². The topological polar surface area (TPSA) is 40.7 Å². The Labute approximate surface area is 108 Å². The number of hydrogen-bond acceptors (Lipinski definition) is 2. The van der Waals surface area contributed by atoms with Gasteiger partial charge in [-0.3, -0.25) is 0 Å². The highest BCUT2D eigenvalue weighted by atomic mass is 79.9. The molecule has 0 fully saturated rings. The minimum Gasteiger partial charge on any atom is -0.341 e. The van der Waals surface area contributed by atoms with E-state index in [1.54, 1.807) is 12.3 Å². The van der Waals surface area contributed by atoms with Gasteiger partial charge in [0.2, 0.25) is 0 Å². The van der Waals surface area contributed by atoms with E-state index in [2.05, 4.69) is 31.2 Å². The van der Waals surface area contributed by atoms with E-state index in [0.29, 0.717) is 5.82 Å². The molecule has 0 bridgehead atoms. The standard InChI is InChI=1S/C12H13BrFN3/c1-2-15-6-9-7-16-12(17-9)10-5-8(14)3-4-11(10)13/h3-5,7,15H,2,6H2,1H3,(H,16,17). The summed E-state index contributed by atoms with van der Waals surface area (Å²) in [5.74, 6) is 0.400. The van der Waals surface area contributed by atoms with Crippen molar-refractivity contribution in [1.29, 1.82) is 0 Å². The van der Waals surface area contributed by atoms with Gasteiger partial charge in [-0.1, -0.05) is 22.9 Å². The number of benzene rings is 1. The van der Waals surface area contributed by atoms with Crippen molar-refractivity contribution in [2.24, 2.45) is 0 Å². The van der Waals surface area contributed by atoms with Gasteiger partial charge in [0.05, 0.1) is 0 Å². The SMILES string of the molecule is CCNCc1cnc(-c2cc(F)ccc2Br)[nH]1. The normalized spacial score (nSPS) is 10.8. The quantitative estimate of drug-likeness (QED) is 0.910. The third kappa shape index (κ3) is 2.92. The van der Waals surface area contributed by atoms with Gasteiger partial charge in [0.25, 0.3) is 0 Å². The molecule has 3 nitrogen and oxygen atoms in total. The number of nitrogens with one attached hydrogen (secondary N) is 2. The van der Waals surface area contributed by atoms with Gasteiger partial charge in [0.1, 0.15) is 11.6 Å². The molecular formula is C12H13BrFN3. The van der Waals surface area contributed by atoms with E-state index in [9.17, 15) is 4.39 Å². The lowest BCUT2D eigenvalue weighted by molar-refractivity contribution is 0.628. The third-order valence-corrected chi connectivity index (χ3v) is 3.07. The lowest BCUT2D eigenvalue weighted by atomic mass is 10.2. The van der Waals surface area contributed by atoms with Crippen molar-refractivity contribution in [3.05, 3.63) is 40.4 Å². The summed E-state index contributed by atoms with van der Waals surface area (Å²) in [4.78, 5) is 7.41. The van der Waals surface area contributed by atoms with Crippen LogP contribution in [0.2, 0.25) is 0 Å². The second-order valence-electron chi connectivity index (χ2n) is 3.66. The molecule has 5 heteroatoms. The number of H-pyrrole nitrogens is 1. The van der Waals surface area contributed by atoms with Gasteiger partial charge in [-0.05, 0) is 24.7 Å². The number of hydrogen-bond donors (Lipinski definition) is 2. The molecular weight excluding hydrogens is 285 g/mol. The lowest BCUT2D eigenvalue weighted by Crippen LogP contribution is -2.11. The fraction of sp³-hybridized carbons (Fsp3) is 0.250. The zero-order valence-corrected chi connectivity index (χ0v) is 11.0. The van der Waals surface area contributed by atoms with Crippen LogP contribution in [0.4, 0.5) is 4.39 Å². The average molecular weight is 298 g/mol. The van der Waals surface area contributed by atoms with E-state index in [1.165, 1.54) is 12.1 Å². The summed E-state index contributed by atoms with van der Waals surface area (Å²) in [6.45, 7) is 3.68. The van der Waals surface area contributed by atoms with Gasteiger partial charge in [-0.25, -0.2) is 9.37 Å². The summed E-state index contributed by atoms with van der Waals surface area (Å²) < 4.78 is 14.0. The molecule has 1 heterocycles. The molecule has 0 saturated heterocycles. The van der Waals surface area contributed by atoms with Crippen molar-refractivity contribution >= 4 is 15.9 Å². The Hall–Kier alpha value is -1.20. The molecule has 90 valence electrons. The highest BCUT2D eigenvalue weighted by molar-refractivity contribution is 9.10. The predicted octanol–water partition coefficient (Wildman–Crippen LogP) is 3.09. The second kappa shape index (κ2) is 5.42. The summed E-state index contributed by atoms with van der Waals surface area (Å²) in [7, 11) is 0. The van der Waals surface area contributed by atoms with Crippen LogP contribution in [-0.2, 0) is 6.54 Å². The van der Waals surface area contributed by atoms with Crippen LogP contribution in [0, 0.1) is 5.82 Å². The van der Waals surface area contributed by atoms with Crippen molar-refractivity contribution in [2.75, 3.05) is 6.54 Å². The maximum Gasteiger partial charge on any atom is 0.138 e. The Balaban J connectivity index is 2.27. The molecule has 0 aliphatic carbocycles. The second-order valence-corrected chi connectivity index (χ2v) is 4.52. The van der Waals surface area contributed by atoms with Crippen molar-refractivity contribution in [1.82, 2.24) is 15.3 Å². The summed E-state index contributed by atoms with van der Waals surface area (Å²) in [6.07, 6.45) is 1.76. The monoisotopic (exact) mass is 297 g/mol. The van der Waals surface area contributed by atoms with Crippen molar-refractivity contribution in [3.63, 3.8) is 0 Å². The van der Waals surface area contributed by atoms with Crippen LogP contribution in [0.25, 0.3) is 11.4 Å². The van der Waals surface area contributed by atoms with Crippen LogP contribution in [0.5, 0.6) is 0 Å². The molecule has 2 aromatic rings. The third-order valence-electron chi connectivity index (χ3n) is 2.38. The highest BCUT2D eigenvalue weighted by Gasteiger charge is 2.08. The molecule has 1 aromatic carbocycles. The molecule has 0 saturated carbocycles. The van der Waals surface area contributed by atoms with Gasteiger partial charge in [-0.15, -0.1) is 0 Å². The molecule has 0 atom stereocenters. The van der Waals surface area contributed by atoms with E-state index in [0.717, 1.165) is 28.8 Å². The van der Waals surface area contributed by atoms with Crippen LogP contribution < -0.4 is 5.32 Å². The number of rotatable bonds is 4. The van der Waals surface area contributed by atoms with Crippen LogP contribution in [0.15, 0.2) is 28.9 Å². The van der Waals surface area contributed by atoms with Crippen molar-refractivity contribution in [3.8, 4) is 11.4 Å². The number of imidazole rings is 1. The number of nitrogens with zero attached hydrogens (tertiary/aromatic N) is 1. The molecule has 0 amide bonds. The van der Waals surface area contributed by atoms with E-state index in [4.69, 9.17) is 0 Å². The first-order valence-corrected chi connectivity index (χ1v) is 6.20. The summed E-state index contributed by atoms with van der Waals surface area (Å²) in [6, 6.07) is 4.55. The summed E-state index contributed by atoms with van der Waals surface area (Å²) in [5, 5.41) is 3.20. The highest BCUT2D eigenvalue weighted by Crippen LogP contribution is 2.26. The van der Waals surface area contributed by atoms with Crippen LogP contribution in [-0.4, -0.2) is 16.5 Å². The first-order valence-electron chi connectivity index (χ1n) is 5.40. The smallest absolute Gasteiger partial charge is 0.138 e. The maximum absolute atomic E-state index is 13.2. The Morgan fingerprint density at radius 2 is 2.29 bits per heavy atom. The zero-order valence-electron chi connectivity index (χ0n) is 9.43. The van der Waals surface area contributed by atoms with Gasteiger partial charge in [-0.2, -0.15) is 0 Å². The minimum atomic E-state index is -0.271. The summed E-state index contributed by atoms with van der Waals surface area (Å²) in [5.41, 5.74) is 1.71. The molecule has 0 unspecified atom stereocenters. The Morgan fingerprint density at radius 3 is 3.06 bits per heavy atom. The number of aromatic amines is 1. The Bertz CT molecular complexity index is 510. The van der Waals surface area contributed by atoms with E-state index in [-0.39, 0.29) is 5.82 Å². The lowest BCUT2D eigenvalue weighted by Gasteiger charge is -2.01. The zero-order chi connectivity index (χ0) is 12.3. The molecule has 0 radical (unpaired) electrons. The minimum absolute atomic E-state index is 0.271. The molecule has 2 N–H and O–H groups in total. The Morgan fingerprint density at radius 1 is 1.47 bits per heavy atom. The van der Waals surface area contributed by atoms with Gasteiger partial charge in [0.15, 0.2) is 0 Å². The largest absolute Gasteiger partial charge is 0.341 e. The van der Waals surface area contributed by atoms with Crippen LogP contribution >= 0.6 is 15.9 Å². The fourth-order valence-corrected chi connectivity index (χ4v) is 1.96. The van der Waals surface area contributed by atoms with E-state index >= 15 is 0 Å². The first-order chi connectivity index (χ1) is 8.20. The number of halogens is 2. The van der Waals surface area contributed by atoms with Gasteiger partial charge < -0.3 is 10.3 Å². The van der Waals surface area contributed by atoms with E-state index < -0.39 is 0 Å². The molecule has 0 aliphatic heterocycles. The molecule has 2 rings (SSSR count). The average Bonchev–Trinajstić information content (AvgIpc) is 2.78. The first kappa shape index (κ1) is 12.3. The fourth-order valence-electron chi connectivity index (χ4n) is 1.52. The maximum atomic E-state index is 13.2. The predicted molar refractivity (Wildman–Crippen MR) is 69.1 cm³/mol.